The lowest BCUT2D eigenvalue weighted by atomic mass is 10.2. The lowest BCUT2D eigenvalue weighted by Crippen LogP contribution is -2.35. The maximum absolute atomic E-state index is 11.6. The molecule has 24 heavy (non-hydrogen) atoms. The average molecular weight is 337 g/mol. The first-order chi connectivity index (χ1) is 11.7. The Morgan fingerprint density at radius 3 is 2.50 bits per heavy atom. The lowest BCUT2D eigenvalue weighted by molar-refractivity contribution is -0.150. The van der Waals surface area contributed by atoms with Crippen molar-refractivity contribution in [3.63, 3.8) is 0 Å². The first kappa shape index (κ1) is 18.1. The van der Waals surface area contributed by atoms with Gasteiger partial charge in [-0.05, 0) is 44.0 Å². The van der Waals surface area contributed by atoms with Crippen LogP contribution in [0.4, 0.5) is 0 Å². The molecule has 0 radical (unpaired) electrons. The Labute approximate surface area is 141 Å². The number of ether oxygens (including phenoxy) is 4. The molecule has 1 aromatic carbocycles. The van der Waals surface area contributed by atoms with Gasteiger partial charge >= 0.3 is 5.97 Å². The zero-order valence-electron chi connectivity index (χ0n) is 13.8. The van der Waals surface area contributed by atoms with Crippen LogP contribution in [-0.4, -0.2) is 51.0 Å². The Bertz CT molecular complexity index is 524. The summed E-state index contributed by atoms with van der Waals surface area (Å²) in [6.07, 6.45) is 2.02. The predicted molar refractivity (Wildman–Crippen MR) is 86.0 cm³/mol. The normalized spacial score (nSPS) is 16.5. The van der Waals surface area contributed by atoms with Crippen LogP contribution in [0.25, 0.3) is 0 Å². The van der Waals surface area contributed by atoms with E-state index >= 15 is 0 Å². The van der Waals surface area contributed by atoms with E-state index in [2.05, 4.69) is 5.32 Å². The molecule has 0 aliphatic carbocycles. The maximum Gasteiger partial charge on any atom is 0.344 e. The summed E-state index contributed by atoms with van der Waals surface area (Å²) in [4.78, 5) is 23.2. The molecule has 0 unspecified atom stereocenters. The second-order valence-corrected chi connectivity index (χ2v) is 5.29. The number of amides is 1. The summed E-state index contributed by atoms with van der Waals surface area (Å²) in [6, 6.07) is 6.91. The van der Waals surface area contributed by atoms with E-state index in [0.29, 0.717) is 18.9 Å². The van der Waals surface area contributed by atoms with E-state index in [0.717, 1.165) is 25.2 Å². The number of carbonyl (C=O) groups is 2. The number of hydrogen-bond donors (Lipinski definition) is 1. The van der Waals surface area contributed by atoms with Crippen LogP contribution in [-0.2, 0) is 19.1 Å². The monoisotopic (exact) mass is 337 g/mol. The van der Waals surface area contributed by atoms with E-state index < -0.39 is 5.97 Å². The summed E-state index contributed by atoms with van der Waals surface area (Å²) >= 11 is 0. The lowest BCUT2D eigenvalue weighted by Gasteiger charge is -2.11. The Balaban J connectivity index is 1.59. The van der Waals surface area contributed by atoms with Crippen molar-refractivity contribution in [1.82, 2.24) is 5.32 Å². The number of hydrogen-bond acceptors (Lipinski definition) is 6. The molecule has 7 nitrogen and oxygen atoms in total. The number of rotatable bonds is 9. The number of esters is 1. The van der Waals surface area contributed by atoms with E-state index in [9.17, 15) is 9.59 Å². The van der Waals surface area contributed by atoms with E-state index in [1.165, 1.54) is 0 Å². The van der Waals surface area contributed by atoms with Gasteiger partial charge in [-0.25, -0.2) is 4.79 Å². The Kier molecular flexibility index (Phi) is 7.35. The fraction of sp³-hybridized carbons (Fsp3) is 0.529. The summed E-state index contributed by atoms with van der Waals surface area (Å²) in [5.74, 6) is 0.310. The molecule has 1 saturated heterocycles. The van der Waals surface area contributed by atoms with E-state index in [4.69, 9.17) is 18.9 Å². The number of benzene rings is 1. The van der Waals surface area contributed by atoms with Crippen LogP contribution < -0.4 is 14.8 Å². The minimum Gasteiger partial charge on any atom is -0.494 e. The summed E-state index contributed by atoms with van der Waals surface area (Å²) in [7, 11) is 0. The van der Waals surface area contributed by atoms with Crippen molar-refractivity contribution in [3.8, 4) is 11.5 Å². The van der Waals surface area contributed by atoms with Gasteiger partial charge in [0, 0.05) is 13.2 Å². The molecule has 1 fully saturated rings. The third-order valence-electron chi connectivity index (χ3n) is 3.41. The van der Waals surface area contributed by atoms with Gasteiger partial charge in [-0.2, -0.15) is 0 Å². The van der Waals surface area contributed by atoms with Crippen molar-refractivity contribution in [2.45, 2.75) is 25.9 Å². The highest BCUT2D eigenvalue weighted by Gasteiger charge is 2.16. The van der Waals surface area contributed by atoms with Crippen molar-refractivity contribution >= 4 is 11.9 Å². The highest BCUT2D eigenvalue weighted by molar-refractivity contribution is 5.80. The Morgan fingerprint density at radius 1 is 1.17 bits per heavy atom. The average Bonchev–Trinajstić information content (AvgIpc) is 3.11. The minimum atomic E-state index is -0.601. The molecule has 132 valence electrons. The first-order valence-electron chi connectivity index (χ1n) is 8.07. The Morgan fingerprint density at radius 2 is 1.88 bits per heavy atom. The Hall–Kier alpha value is -2.28. The van der Waals surface area contributed by atoms with Gasteiger partial charge in [0.05, 0.1) is 12.7 Å². The predicted octanol–water partition coefficient (Wildman–Crippen LogP) is 1.30. The third-order valence-corrected chi connectivity index (χ3v) is 3.41. The number of nitrogens with one attached hydrogen (secondary N) is 1. The quantitative estimate of drug-likeness (QED) is 0.684. The summed E-state index contributed by atoms with van der Waals surface area (Å²) in [5.41, 5.74) is 0. The second kappa shape index (κ2) is 9.77. The SMILES string of the molecule is CCOc1ccc(OCC(=O)OCC(=O)NC[C@@H]2CCCO2)cc1. The van der Waals surface area contributed by atoms with Crippen molar-refractivity contribution in [2.24, 2.45) is 0 Å². The molecule has 0 bridgehead atoms. The molecule has 1 aliphatic heterocycles. The smallest absolute Gasteiger partial charge is 0.344 e. The van der Waals surface area contributed by atoms with Crippen LogP contribution in [0.15, 0.2) is 24.3 Å². The molecule has 1 aromatic rings. The van der Waals surface area contributed by atoms with Crippen LogP contribution in [0.2, 0.25) is 0 Å². The number of carbonyl (C=O) groups excluding carboxylic acids is 2. The molecule has 1 atom stereocenters. The minimum absolute atomic E-state index is 0.0626. The zero-order chi connectivity index (χ0) is 17.2. The highest BCUT2D eigenvalue weighted by Crippen LogP contribution is 2.17. The topological polar surface area (TPSA) is 83.1 Å². The maximum atomic E-state index is 11.6. The molecule has 1 N–H and O–H groups in total. The summed E-state index contributed by atoms with van der Waals surface area (Å²) in [6.45, 7) is 3.08. The van der Waals surface area contributed by atoms with Gasteiger partial charge in [-0.15, -0.1) is 0 Å². The van der Waals surface area contributed by atoms with Crippen LogP contribution in [0.1, 0.15) is 19.8 Å². The van der Waals surface area contributed by atoms with Crippen molar-refractivity contribution in [1.29, 1.82) is 0 Å². The molecular weight excluding hydrogens is 314 g/mol. The first-order valence-corrected chi connectivity index (χ1v) is 8.07. The largest absolute Gasteiger partial charge is 0.494 e. The molecule has 1 heterocycles. The fourth-order valence-corrected chi connectivity index (χ4v) is 2.21. The summed E-state index contributed by atoms with van der Waals surface area (Å²) < 4.78 is 20.9. The van der Waals surface area contributed by atoms with Gasteiger partial charge in [0.25, 0.3) is 5.91 Å². The van der Waals surface area contributed by atoms with Gasteiger partial charge in [0.1, 0.15) is 11.5 Å². The molecule has 2 rings (SSSR count). The van der Waals surface area contributed by atoms with Crippen LogP contribution in [0.5, 0.6) is 11.5 Å². The third kappa shape index (κ3) is 6.45. The van der Waals surface area contributed by atoms with E-state index in [1.807, 2.05) is 6.92 Å². The molecule has 1 aliphatic rings. The molecule has 1 amide bonds. The molecule has 7 heteroatoms. The summed E-state index contributed by atoms with van der Waals surface area (Å²) in [5, 5.41) is 2.68. The van der Waals surface area contributed by atoms with Crippen molar-refractivity contribution in [2.75, 3.05) is 33.0 Å². The van der Waals surface area contributed by atoms with Gasteiger partial charge in [-0.1, -0.05) is 0 Å². The van der Waals surface area contributed by atoms with Crippen LogP contribution >= 0.6 is 0 Å². The highest BCUT2D eigenvalue weighted by atomic mass is 16.6. The molecule has 0 saturated carbocycles. The van der Waals surface area contributed by atoms with Crippen molar-refractivity contribution < 1.29 is 28.5 Å². The van der Waals surface area contributed by atoms with E-state index in [1.54, 1.807) is 24.3 Å². The van der Waals surface area contributed by atoms with Crippen LogP contribution in [0.3, 0.4) is 0 Å². The molecule has 0 spiro atoms. The zero-order valence-corrected chi connectivity index (χ0v) is 13.8. The van der Waals surface area contributed by atoms with E-state index in [-0.39, 0.29) is 25.2 Å². The molecular formula is C17H23NO6. The van der Waals surface area contributed by atoms with Gasteiger partial charge in [0.15, 0.2) is 13.2 Å². The van der Waals surface area contributed by atoms with Crippen molar-refractivity contribution in [3.05, 3.63) is 24.3 Å². The molecule has 0 aromatic heterocycles. The van der Waals surface area contributed by atoms with Gasteiger partial charge < -0.3 is 24.3 Å². The van der Waals surface area contributed by atoms with Crippen LogP contribution in [0, 0.1) is 0 Å². The fourth-order valence-electron chi connectivity index (χ4n) is 2.21. The van der Waals surface area contributed by atoms with Gasteiger partial charge in [-0.3, -0.25) is 4.79 Å². The van der Waals surface area contributed by atoms with Gasteiger partial charge in [0.2, 0.25) is 0 Å². The second-order valence-electron chi connectivity index (χ2n) is 5.29. The standard InChI is InChI=1S/C17H23NO6/c1-2-21-13-5-7-14(8-6-13)23-12-17(20)24-11-16(19)18-10-15-4-3-9-22-15/h5-8,15H,2-4,9-12H2,1H3,(H,18,19)/t15-/m0/s1.